The van der Waals surface area contributed by atoms with Gasteiger partial charge in [0, 0.05) is 38.6 Å². The van der Waals surface area contributed by atoms with Gasteiger partial charge in [0.25, 0.3) is 0 Å². The van der Waals surface area contributed by atoms with E-state index < -0.39 is 0 Å². The quantitative estimate of drug-likeness (QED) is 0.855. The molecule has 0 aromatic heterocycles. The van der Waals surface area contributed by atoms with Crippen molar-refractivity contribution >= 4 is 11.8 Å². The van der Waals surface area contributed by atoms with Crippen molar-refractivity contribution in [1.82, 2.24) is 15.1 Å². The molecule has 0 radical (unpaired) electrons. The Morgan fingerprint density at radius 1 is 1.22 bits per heavy atom. The highest BCUT2D eigenvalue weighted by Gasteiger charge is 2.43. The van der Waals surface area contributed by atoms with Crippen molar-refractivity contribution < 1.29 is 14.3 Å². The van der Waals surface area contributed by atoms with Gasteiger partial charge in [0.1, 0.15) is 5.75 Å². The monoisotopic (exact) mass is 371 g/mol. The van der Waals surface area contributed by atoms with Crippen molar-refractivity contribution in [1.29, 1.82) is 0 Å². The largest absolute Gasteiger partial charge is 0.497 e. The predicted molar refractivity (Wildman–Crippen MR) is 102 cm³/mol. The van der Waals surface area contributed by atoms with Crippen LogP contribution in [0.3, 0.4) is 0 Å². The number of carbonyl (C=O) groups excluding carboxylic acids is 2. The van der Waals surface area contributed by atoms with Crippen molar-refractivity contribution in [2.45, 2.75) is 38.3 Å². The summed E-state index contributed by atoms with van der Waals surface area (Å²) in [6.45, 7) is 3.71. The molecule has 3 fully saturated rings. The van der Waals surface area contributed by atoms with Crippen LogP contribution >= 0.6 is 0 Å². The maximum atomic E-state index is 12.4. The zero-order chi connectivity index (χ0) is 18.8. The zero-order valence-corrected chi connectivity index (χ0v) is 16.0. The van der Waals surface area contributed by atoms with E-state index in [1.54, 1.807) is 7.11 Å². The standard InChI is InChI=1S/C21H29N3O3/c1-27-18-7-5-15(6-8-18)10-22-20(25)14-23-11-16-9-17(13-23)19-3-2-4-21(26)24(19)12-16/h5-8,16-17,19H,2-4,9-14H2,1H3,(H,22,25)/t16-,17-,19-/m1/s1. The Hall–Kier alpha value is -2.08. The molecule has 6 heteroatoms. The lowest BCUT2D eigenvalue weighted by atomic mass is 9.76. The number of nitrogens with zero attached hydrogens (tertiary/aromatic N) is 2. The van der Waals surface area contributed by atoms with E-state index in [1.165, 1.54) is 6.42 Å². The van der Waals surface area contributed by atoms with E-state index in [0.29, 0.717) is 43.3 Å². The molecule has 0 spiro atoms. The van der Waals surface area contributed by atoms with Crippen LogP contribution in [0, 0.1) is 11.8 Å². The molecule has 2 bridgehead atoms. The first-order valence-electron chi connectivity index (χ1n) is 10.0. The summed E-state index contributed by atoms with van der Waals surface area (Å²) in [4.78, 5) is 29.1. The van der Waals surface area contributed by atoms with E-state index >= 15 is 0 Å². The van der Waals surface area contributed by atoms with Gasteiger partial charge in [0.15, 0.2) is 0 Å². The number of hydrogen-bond acceptors (Lipinski definition) is 4. The second-order valence-electron chi connectivity index (χ2n) is 8.19. The first kappa shape index (κ1) is 18.3. The van der Waals surface area contributed by atoms with Crippen LogP contribution in [0.4, 0.5) is 0 Å². The number of hydrogen-bond donors (Lipinski definition) is 1. The number of nitrogens with one attached hydrogen (secondary N) is 1. The maximum Gasteiger partial charge on any atom is 0.234 e. The van der Waals surface area contributed by atoms with Crippen LogP contribution in [0.2, 0.25) is 0 Å². The number of rotatable bonds is 5. The molecule has 0 saturated carbocycles. The smallest absolute Gasteiger partial charge is 0.234 e. The first-order chi connectivity index (χ1) is 13.1. The Bertz CT molecular complexity index is 690. The molecule has 3 aliphatic rings. The van der Waals surface area contributed by atoms with E-state index in [2.05, 4.69) is 15.1 Å². The molecule has 3 atom stereocenters. The molecular weight excluding hydrogens is 342 g/mol. The second kappa shape index (κ2) is 7.89. The maximum absolute atomic E-state index is 12.4. The summed E-state index contributed by atoms with van der Waals surface area (Å²) >= 11 is 0. The normalized spacial score (nSPS) is 27.8. The fourth-order valence-corrected chi connectivity index (χ4v) is 5.04. The predicted octanol–water partition coefficient (Wildman–Crippen LogP) is 1.64. The third kappa shape index (κ3) is 4.10. The average molecular weight is 371 g/mol. The summed E-state index contributed by atoms with van der Waals surface area (Å²) in [6.07, 6.45) is 4.07. The topological polar surface area (TPSA) is 61.9 Å². The van der Waals surface area contributed by atoms with Crippen LogP contribution in [0.1, 0.15) is 31.2 Å². The molecule has 3 aliphatic heterocycles. The number of ether oxygens (including phenoxy) is 1. The van der Waals surface area contributed by atoms with Crippen molar-refractivity contribution in [3.05, 3.63) is 29.8 Å². The van der Waals surface area contributed by atoms with Crippen molar-refractivity contribution in [3.63, 3.8) is 0 Å². The Kier molecular flexibility index (Phi) is 5.34. The minimum Gasteiger partial charge on any atom is -0.497 e. The minimum absolute atomic E-state index is 0.0716. The van der Waals surface area contributed by atoms with Crippen LogP contribution < -0.4 is 10.1 Å². The van der Waals surface area contributed by atoms with Crippen LogP contribution in [-0.4, -0.2) is 60.9 Å². The lowest BCUT2D eigenvalue weighted by Crippen LogP contribution is -2.61. The van der Waals surface area contributed by atoms with Crippen molar-refractivity contribution in [2.24, 2.45) is 11.8 Å². The molecule has 146 valence electrons. The van der Waals surface area contributed by atoms with Crippen molar-refractivity contribution in [2.75, 3.05) is 33.3 Å². The lowest BCUT2D eigenvalue weighted by Gasteiger charge is -2.52. The van der Waals surface area contributed by atoms with Crippen LogP contribution in [0.25, 0.3) is 0 Å². The lowest BCUT2D eigenvalue weighted by molar-refractivity contribution is -0.145. The van der Waals surface area contributed by atoms with Gasteiger partial charge in [-0.3, -0.25) is 14.5 Å². The molecule has 1 aromatic rings. The average Bonchev–Trinajstić information content (AvgIpc) is 2.67. The SMILES string of the molecule is COc1ccc(CNC(=O)CN2C[C@H]3C[C@H](C2)[C@H]2CCCC(=O)N2C3)cc1. The molecule has 0 unspecified atom stereocenters. The van der Waals surface area contributed by atoms with Crippen LogP contribution in [0.5, 0.6) is 5.75 Å². The molecule has 1 N–H and O–H groups in total. The fourth-order valence-electron chi connectivity index (χ4n) is 5.04. The second-order valence-corrected chi connectivity index (χ2v) is 8.19. The summed E-state index contributed by atoms with van der Waals surface area (Å²) in [5, 5.41) is 3.03. The van der Waals surface area contributed by atoms with Gasteiger partial charge in [0.05, 0.1) is 13.7 Å². The summed E-state index contributed by atoms with van der Waals surface area (Å²) in [5.74, 6) is 2.27. The minimum atomic E-state index is 0.0716. The Morgan fingerprint density at radius 3 is 2.81 bits per heavy atom. The molecule has 3 heterocycles. The van der Waals surface area contributed by atoms with E-state index in [9.17, 15) is 9.59 Å². The molecular formula is C21H29N3O3. The third-order valence-corrected chi connectivity index (χ3v) is 6.27. The number of carbonyl (C=O) groups is 2. The number of methoxy groups -OCH3 is 1. The highest BCUT2D eigenvalue weighted by Crippen LogP contribution is 2.37. The van der Waals surface area contributed by atoms with Gasteiger partial charge < -0.3 is 15.0 Å². The number of benzene rings is 1. The fraction of sp³-hybridized carbons (Fsp3) is 0.619. The van der Waals surface area contributed by atoms with E-state index in [4.69, 9.17) is 4.74 Å². The Labute approximate surface area is 160 Å². The zero-order valence-electron chi connectivity index (χ0n) is 16.0. The molecule has 3 saturated heterocycles. The highest BCUT2D eigenvalue weighted by atomic mass is 16.5. The van der Waals surface area contributed by atoms with E-state index in [0.717, 1.165) is 43.8 Å². The summed E-state index contributed by atoms with van der Waals surface area (Å²) < 4.78 is 5.16. The van der Waals surface area contributed by atoms with Gasteiger partial charge in [0.2, 0.25) is 11.8 Å². The Balaban J connectivity index is 1.28. The molecule has 27 heavy (non-hydrogen) atoms. The van der Waals surface area contributed by atoms with Gasteiger partial charge in [-0.25, -0.2) is 0 Å². The van der Waals surface area contributed by atoms with E-state index in [-0.39, 0.29) is 5.91 Å². The third-order valence-electron chi connectivity index (χ3n) is 6.27. The van der Waals surface area contributed by atoms with E-state index in [1.807, 2.05) is 24.3 Å². The van der Waals surface area contributed by atoms with Gasteiger partial charge in [-0.1, -0.05) is 12.1 Å². The molecule has 0 aliphatic carbocycles. The van der Waals surface area contributed by atoms with Gasteiger partial charge in [-0.05, 0) is 48.8 Å². The molecule has 2 amide bonds. The summed E-state index contributed by atoms with van der Waals surface area (Å²) in [7, 11) is 1.65. The molecule has 1 aromatic carbocycles. The first-order valence-corrected chi connectivity index (χ1v) is 10.0. The summed E-state index contributed by atoms with van der Waals surface area (Å²) in [5.41, 5.74) is 1.07. The van der Waals surface area contributed by atoms with Crippen LogP contribution in [-0.2, 0) is 16.1 Å². The number of amides is 2. The van der Waals surface area contributed by atoms with Gasteiger partial charge in [-0.15, -0.1) is 0 Å². The van der Waals surface area contributed by atoms with Gasteiger partial charge in [-0.2, -0.15) is 0 Å². The van der Waals surface area contributed by atoms with Gasteiger partial charge >= 0.3 is 0 Å². The Morgan fingerprint density at radius 2 is 2.04 bits per heavy atom. The summed E-state index contributed by atoms with van der Waals surface area (Å²) in [6, 6.07) is 8.15. The molecule has 4 rings (SSSR count). The van der Waals surface area contributed by atoms with Crippen LogP contribution in [0.15, 0.2) is 24.3 Å². The van der Waals surface area contributed by atoms with Crippen molar-refractivity contribution in [3.8, 4) is 5.75 Å². The highest BCUT2D eigenvalue weighted by molar-refractivity contribution is 5.78. The number of piperidine rings is 3. The number of fused-ring (bicyclic) bond motifs is 4. The molecule has 6 nitrogen and oxygen atoms in total. The number of likely N-dealkylation sites (tertiary alicyclic amines) is 1.